The second kappa shape index (κ2) is 12.3. The Labute approximate surface area is 214 Å². The Morgan fingerprint density at radius 2 is 1.57 bits per heavy atom. The molecule has 2 N–H and O–H groups in total. The van der Waals surface area contributed by atoms with Gasteiger partial charge in [0, 0.05) is 5.92 Å². The van der Waals surface area contributed by atoms with Crippen molar-refractivity contribution in [1.29, 1.82) is 0 Å². The van der Waals surface area contributed by atoms with Crippen LogP contribution in [0.25, 0.3) is 10.8 Å². The van der Waals surface area contributed by atoms with E-state index in [0.717, 1.165) is 10.8 Å². The minimum atomic E-state index is -3.78. The first-order valence-electron chi connectivity index (χ1n) is 11.5. The zero-order valence-electron chi connectivity index (χ0n) is 20.1. The summed E-state index contributed by atoms with van der Waals surface area (Å²) in [5, 5.41) is 13.3. The van der Waals surface area contributed by atoms with Crippen LogP contribution >= 0.6 is 0 Å². The van der Waals surface area contributed by atoms with Crippen LogP contribution in [0.5, 0.6) is 0 Å². The first-order valence-corrected chi connectivity index (χ1v) is 13.2. The van der Waals surface area contributed by atoms with Gasteiger partial charge in [-0.05, 0) is 28.5 Å². The number of sulfone groups is 1. The van der Waals surface area contributed by atoms with Crippen LogP contribution in [0.15, 0.2) is 77.7 Å². The van der Waals surface area contributed by atoms with E-state index in [-0.39, 0.29) is 11.3 Å². The third-order valence-corrected chi connectivity index (χ3v) is 7.62. The lowest BCUT2D eigenvalue weighted by molar-refractivity contribution is -0.148. The Kier molecular flexibility index (Phi) is 9.13. The van der Waals surface area contributed by atoms with E-state index in [0.29, 0.717) is 5.56 Å². The molecule has 37 heavy (non-hydrogen) atoms. The van der Waals surface area contributed by atoms with Gasteiger partial charge in [0.25, 0.3) is 0 Å². The number of amides is 1. The lowest BCUT2D eigenvalue weighted by atomic mass is 10.0. The molecule has 0 aliphatic heterocycles. The maximum Gasteiger partial charge on any atom is 0.310 e. The van der Waals surface area contributed by atoms with Crippen LogP contribution in [0, 0.1) is 5.92 Å². The van der Waals surface area contributed by atoms with Crippen molar-refractivity contribution in [2.45, 2.75) is 30.7 Å². The van der Waals surface area contributed by atoms with Crippen LogP contribution < -0.4 is 5.32 Å². The lowest BCUT2D eigenvalue weighted by Crippen LogP contribution is -2.47. The minimum absolute atomic E-state index is 0.0471. The Bertz CT molecular complexity index is 1400. The molecular formula is C27H27NO8S. The molecule has 0 saturated heterocycles. The van der Waals surface area contributed by atoms with Crippen LogP contribution in [0.3, 0.4) is 0 Å². The normalized spacial score (nSPS) is 12.9. The van der Waals surface area contributed by atoms with E-state index in [1.807, 2.05) is 30.3 Å². The number of hydrogen-bond donors (Lipinski definition) is 2. The fourth-order valence-electron chi connectivity index (χ4n) is 3.77. The third kappa shape index (κ3) is 7.71. The molecule has 2 atom stereocenters. The van der Waals surface area contributed by atoms with Gasteiger partial charge in [0.15, 0.2) is 22.2 Å². The Balaban J connectivity index is 1.60. The molecule has 0 aliphatic carbocycles. The summed E-state index contributed by atoms with van der Waals surface area (Å²) in [6.45, 7) is 0.626. The number of ketones is 1. The highest BCUT2D eigenvalue weighted by molar-refractivity contribution is 7.91. The zero-order chi connectivity index (χ0) is 27.0. The lowest BCUT2D eigenvalue weighted by Gasteiger charge is -2.19. The standard InChI is InChI=1S/C27H27NO8S/c1-18(17-37(34,35)21-11-3-2-4-12-21)27(33)28-23(15-25(30)31)24(29)16-36-26(32)14-20-10-7-9-19-8-5-6-13-22(19)20/h2-13,18,23H,14-17H2,1H3,(H,28,33)(H,30,31). The van der Waals surface area contributed by atoms with E-state index in [1.165, 1.54) is 19.1 Å². The van der Waals surface area contributed by atoms with Gasteiger partial charge in [-0.1, -0.05) is 67.6 Å². The maximum absolute atomic E-state index is 12.6. The monoisotopic (exact) mass is 525 g/mol. The molecule has 10 heteroatoms. The molecule has 0 bridgehead atoms. The maximum atomic E-state index is 12.6. The van der Waals surface area contributed by atoms with Gasteiger partial charge < -0.3 is 15.2 Å². The molecule has 0 aromatic heterocycles. The molecule has 0 saturated carbocycles. The van der Waals surface area contributed by atoms with E-state index in [4.69, 9.17) is 4.74 Å². The molecule has 3 rings (SSSR count). The van der Waals surface area contributed by atoms with Crippen molar-refractivity contribution in [1.82, 2.24) is 5.32 Å². The van der Waals surface area contributed by atoms with Gasteiger partial charge in [-0.3, -0.25) is 19.2 Å². The average molecular weight is 526 g/mol. The zero-order valence-corrected chi connectivity index (χ0v) is 20.9. The Hall–Kier alpha value is -4.05. The SMILES string of the molecule is CC(CS(=O)(=O)c1ccccc1)C(=O)NC(CC(=O)O)C(=O)COC(=O)Cc1cccc2ccccc12. The number of carbonyl (C=O) groups is 4. The molecule has 1 amide bonds. The summed E-state index contributed by atoms with van der Waals surface area (Å²) in [6.07, 6.45) is -0.845. The molecule has 0 aliphatic rings. The topological polar surface area (TPSA) is 144 Å². The summed E-state index contributed by atoms with van der Waals surface area (Å²) in [5.41, 5.74) is 0.708. The number of carbonyl (C=O) groups excluding carboxylic acids is 3. The molecule has 0 heterocycles. The van der Waals surface area contributed by atoms with Gasteiger partial charge in [0.2, 0.25) is 5.91 Å². The van der Waals surface area contributed by atoms with Crippen molar-refractivity contribution < 1.29 is 37.4 Å². The number of benzene rings is 3. The van der Waals surface area contributed by atoms with E-state index in [1.54, 1.807) is 30.3 Å². The molecule has 0 fully saturated rings. The second-order valence-corrected chi connectivity index (χ2v) is 10.6. The van der Waals surface area contributed by atoms with Crippen LogP contribution in [-0.2, 0) is 40.2 Å². The number of carboxylic acids is 1. The second-order valence-electron chi connectivity index (χ2n) is 8.60. The number of nitrogens with one attached hydrogen (secondary N) is 1. The number of Topliss-reactive ketones (excluding diaryl/α,β-unsaturated/α-hetero) is 1. The number of carboxylic acid groups (broad SMARTS) is 1. The summed E-state index contributed by atoms with van der Waals surface area (Å²) in [7, 11) is -3.78. The van der Waals surface area contributed by atoms with Crippen molar-refractivity contribution >= 4 is 44.2 Å². The van der Waals surface area contributed by atoms with E-state index in [2.05, 4.69) is 5.32 Å². The molecule has 3 aromatic rings. The number of aliphatic carboxylic acids is 1. The first-order chi connectivity index (χ1) is 17.6. The molecule has 9 nitrogen and oxygen atoms in total. The van der Waals surface area contributed by atoms with Gasteiger partial charge in [-0.15, -0.1) is 0 Å². The molecule has 0 spiro atoms. The van der Waals surface area contributed by atoms with E-state index >= 15 is 0 Å². The fraction of sp³-hybridized carbons (Fsp3) is 0.259. The highest BCUT2D eigenvalue weighted by atomic mass is 32.2. The van der Waals surface area contributed by atoms with Crippen molar-refractivity contribution in [3.05, 3.63) is 78.4 Å². The van der Waals surface area contributed by atoms with Crippen LogP contribution in [0.1, 0.15) is 18.9 Å². The van der Waals surface area contributed by atoms with Crippen molar-refractivity contribution in [2.75, 3.05) is 12.4 Å². The van der Waals surface area contributed by atoms with Gasteiger partial charge in [-0.2, -0.15) is 0 Å². The quantitative estimate of drug-likeness (QED) is 0.343. The largest absolute Gasteiger partial charge is 0.481 e. The summed E-state index contributed by atoms with van der Waals surface area (Å²) in [6, 6.07) is 19.0. The third-order valence-electron chi connectivity index (χ3n) is 5.69. The van der Waals surface area contributed by atoms with Crippen molar-refractivity contribution in [3.63, 3.8) is 0 Å². The van der Waals surface area contributed by atoms with Crippen molar-refractivity contribution in [2.24, 2.45) is 5.92 Å². The number of rotatable bonds is 12. The van der Waals surface area contributed by atoms with Crippen LogP contribution in [0.4, 0.5) is 0 Å². The summed E-state index contributed by atoms with van der Waals surface area (Å²) >= 11 is 0. The number of esters is 1. The summed E-state index contributed by atoms with van der Waals surface area (Å²) in [5.74, 6) is -5.26. The van der Waals surface area contributed by atoms with Crippen molar-refractivity contribution in [3.8, 4) is 0 Å². The molecular weight excluding hydrogens is 498 g/mol. The van der Waals surface area contributed by atoms with Gasteiger partial charge in [0.1, 0.15) is 6.04 Å². The highest BCUT2D eigenvalue weighted by Crippen LogP contribution is 2.19. The minimum Gasteiger partial charge on any atom is -0.481 e. The van der Waals surface area contributed by atoms with Crippen LogP contribution in [0.2, 0.25) is 0 Å². The molecule has 194 valence electrons. The summed E-state index contributed by atoms with van der Waals surface area (Å²) < 4.78 is 30.2. The van der Waals surface area contributed by atoms with Gasteiger partial charge in [-0.25, -0.2) is 8.42 Å². The summed E-state index contributed by atoms with van der Waals surface area (Å²) in [4.78, 5) is 49.0. The van der Waals surface area contributed by atoms with Gasteiger partial charge >= 0.3 is 11.9 Å². The van der Waals surface area contributed by atoms with E-state index < -0.39 is 64.2 Å². The molecule has 0 radical (unpaired) electrons. The van der Waals surface area contributed by atoms with Gasteiger partial charge in [0.05, 0.1) is 23.5 Å². The number of hydrogen-bond acceptors (Lipinski definition) is 7. The predicted octanol–water partition coefficient (Wildman–Crippen LogP) is 2.56. The molecule has 3 aromatic carbocycles. The first kappa shape index (κ1) is 27.5. The highest BCUT2D eigenvalue weighted by Gasteiger charge is 2.29. The fourth-order valence-corrected chi connectivity index (χ4v) is 5.34. The number of ether oxygens (including phenoxy) is 1. The smallest absolute Gasteiger partial charge is 0.310 e. The predicted molar refractivity (Wildman–Crippen MR) is 135 cm³/mol. The van der Waals surface area contributed by atoms with E-state index in [9.17, 15) is 32.7 Å². The molecule has 2 unspecified atom stereocenters. The Morgan fingerprint density at radius 1 is 0.919 bits per heavy atom. The Morgan fingerprint density at radius 3 is 2.27 bits per heavy atom. The van der Waals surface area contributed by atoms with Crippen LogP contribution in [-0.4, -0.2) is 55.6 Å². The average Bonchev–Trinajstić information content (AvgIpc) is 2.87. The number of fused-ring (bicyclic) bond motifs is 1.